The maximum atomic E-state index is 3.75. The van der Waals surface area contributed by atoms with Crippen LogP contribution < -0.4 is 4.59 Å². The van der Waals surface area contributed by atoms with E-state index in [-0.39, 0.29) is 0 Å². The van der Waals surface area contributed by atoms with E-state index < -0.39 is 13.9 Å². The van der Waals surface area contributed by atoms with Gasteiger partial charge in [-0.2, -0.15) is 0 Å². The number of nitrogens with one attached hydrogen (secondary N) is 1. The van der Waals surface area contributed by atoms with Crippen molar-refractivity contribution in [2.24, 2.45) is 0 Å². The predicted octanol–water partition coefficient (Wildman–Crippen LogP) is 1.60. The van der Waals surface area contributed by atoms with Gasteiger partial charge in [-0.1, -0.05) is 0 Å². The molecule has 1 aromatic rings. The molecule has 0 aromatic carbocycles. The Morgan fingerprint density at radius 2 is 2.46 bits per heavy atom. The summed E-state index contributed by atoms with van der Waals surface area (Å²) in [6, 6.07) is 4.24. The van der Waals surface area contributed by atoms with Crippen molar-refractivity contribution < 1.29 is 0 Å². The monoisotopic (exact) mass is 239 g/mol. The van der Waals surface area contributed by atoms with Crippen LogP contribution >= 0.6 is 0 Å². The summed E-state index contributed by atoms with van der Waals surface area (Å²) in [4.78, 5) is 8.06. The van der Waals surface area contributed by atoms with Gasteiger partial charge in [0.15, 0.2) is 0 Å². The SMILES string of the molecule is C=CCC1=C[SeH](c2ccc[nH]2)C=C1. The van der Waals surface area contributed by atoms with Crippen molar-refractivity contribution in [3.05, 3.63) is 52.6 Å². The van der Waals surface area contributed by atoms with Gasteiger partial charge in [0.05, 0.1) is 0 Å². The van der Waals surface area contributed by atoms with E-state index >= 15 is 0 Å². The zero-order valence-corrected chi connectivity index (χ0v) is 9.28. The molecule has 1 atom stereocenters. The molecule has 0 saturated carbocycles. The molecule has 0 fully saturated rings. The van der Waals surface area contributed by atoms with Crippen LogP contribution in [0.25, 0.3) is 0 Å². The van der Waals surface area contributed by atoms with Gasteiger partial charge in [0.1, 0.15) is 0 Å². The normalized spacial score (nSPS) is 23.1. The molecule has 2 rings (SSSR count). The average Bonchev–Trinajstić information content (AvgIpc) is 2.70. The molecule has 68 valence electrons. The molecule has 0 spiro atoms. The molecule has 0 radical (unpaired) electrons. The Kier molecular flexibility index (Phi) is 2.53. The molecular weight excluding hydrogens is 225 g/mol. The number of allylic oxidation sites excluding steroid dienone is 3. The summed E-state index contributed by atoms with van der Waals surface area (Å²) in [5.74, 6) is 0. The standard InChI is InChI=1S/C11H13NSe/c1-2-4-10-6-8-13(9-10)11-5-3-7-12-11/h2-3,5-9,12-13H,1,4H2. The molecule has 13 heavy (non-hydrogen) atoms. The summed E-state index contributed by atoms with van der Waals surface area (Å²) in [6.07, 6.45) is 7.20. The molecular formula is C11H13NSe. The van der Waals surface area contributed by atoms with Gasteiger partial charge in [-0.05, 0) is 0 Å². The Labute approximate surface area is 82.7 Å². The van der Waals surface area contributed by atoms with Crippen molar-refractivity contribution in [3.8, 4) is 0 Å². The van der Waals surface area contributed by atoms with Crippen LogP contribution in [0.4, 0.5) is 0 Å². The average molecular weight is 238 g/mol. The summed E-state index contributed by atoms with van der Waals surface area (Å²) in [5.41, 5.74) is 1.42. The zero-order valence-electron chi connectivity index (χ0n) is 7.40. The first kappa shape index (κ1) is 8.61. The molecule has 0 aliphatic carbocycles. The van der Waals surface area contributed by atoms with Crippen molar-refractivity contribution in [1.82, 2.24) is 4.98 Å². The first-order valence-corrected chi connectivity index (χ1v) is 7.42. The van der Waals surface area contributed by atoms with Gasteiger partial charge in [-0.25, -0.2) is 0 Å². The number of aromatic nitrogens is 1. The number of rotatable bonds is 3. The van der Waals surface area contributed by atoms with E-state index in [9.17, 15) is 0 Å². The van der Waals surface area contributed by atoms with Crippen LogP contribution in [0.15, 0.2) is 52.6 Å². The van der Waals surface area contributed by atoms with E-state index in [1.807, 2.05) is 12.3 Å². The fourth-order valence-corrected chi connectivity index (χ4v) is 5.07. The molecule has 2 heterocycles. The molecule has 1 aromatic heterocycles. The first-order valence-electron chi connectivity index (χ1n) is 4.31. The second kappa shape index (κ2) is 3.82. The van der Waals surface area contributed by atoms with Gasteiger partial charge in [-0.3, -0.25) is 0 Å². The van der Waals surface area contributed by atoms with Crippen molar-refractivity contribution in [1.29, 1.82) is 0 Å². The number of aromatic amines is 1. The third-order valence-electron chi connectivity index (χ3n) is 1.99. The zero-order chi connectivity index (χ0) is 9.10. The predicted molar refractivity (Wildman–Crippen MR) is 59.6 cm³/mol. The quantitative estimate of drug-likeness (QED) is 0.608. The number of hydrogen-bond donors (Lipinski definition) is 1. The Morgan fingerprint density at radius 1 is 1.54 bits per heavy atom. The first-order chi connectivity index (χ1) is 6.40. The van der Waals surface area contributed by atoms with Gasteiger partial charge >= 0.3 is 82.5 Å². The molecule has 1 N–H and O–H groups in total. The van der Waals surface area contributed by atoms with E-state index in [4.69, 9.17) is 0 Å². The molecule has 1 nitrogen and oxygen atoms in total. The Bertz CT molecular complexity index is 346. The fourth-order valence-electron chi connectivity index (χ4n) is 1.36. The van der Waals surface area contributed by atoms with Crippen molar-refractivity contribution in [3.63, 3.8) is 0 Å². The van der Waals surface area contributed by atoms with Crippen LogP contribution in [-0.2, 0) is 0 Å². The van der Waals surface area contributed by atoms with Crippen LogP contribution in [0.3, 0.4) is 0 Å². The van der Waals surface area contributed by atoms with Gasteiger partial charge in [0.2, 0.25) is 0 Å². The summed E-state index contributed by atoms with van der Waals surface area (Å²) >= 11 is -0.994. The van der Waals surface area contributed by atoms with Crippen LogP contribution in [-0.4, -0.2) is 18.9 Å². The van der Waals surface area contributed by atoms with Crippen molar-refractivity contribution >= 4 is 18.5 Å². The molecule has 0 saturated heterocycles. The minimum absolute atomic E-state index is 0.994. The van der Waals surface area contributed by atoms with Gasteiger partial charge in [0, 0.05) is 0 Å². The van der Waals surface area contributed by atoms with E-state index in [2.05, 4.69) is 39.7 Å². The van der Waals surface area contributed by atoms with Crippen molar-refractivity contribution in [2.75, 3.05) is 0 Å². The molecule has 0 bridgehead atoms. The van der Waals surface area contributed by atoms with E-state index in [0.717, 1.165) is 6.42 Å². The molecule has 1 aliphatic rings. The molecule has 2 heteroatoms. The fraction of sp³-hybridized carbons (Fsp3) is 0.0909. The minimum atomic E-state index is -0.994. The van der Waals surface area contributed by atoms with Crippen LogP contribution in [0.1, 0.15) is 6.42 Å². The summed E-state index contributed by atoms with van der Waals surface area (Å²) in [6.45, 7) is 3.75. The Morgan fingerprint density at radius 3 is 3.15 bits per heavy atom. The second-order valence-electron chi connectivity index (χ2n) is 2.98. The third-order valence-corrected chi connectivity index (χ3v) is 6.01. The third kappa shape index (κ3) is 1.85. The topological polar surface area (TPSA) is 15.8 Å². The maximum absolute atomic E-state index is 3.75. The van der Waals surface area contributed by atoms with E-state index in [1.165, 1.54) is 10.2 Å². The van der Waals surface area contributed by atoms with E-state index in [1.54, 1.807) is 0 Å². The van der Waals surface area contributed by atoms with Gasteiger partial charge in [-0.15, -0.1) is 0 Å². The Balaban J connectivity index is 2.14. The summed E-state index contributed by atoms with van der Waals surface area (Å²) in [7, 11) is 0. The number of H-pyrrole nitrogens is 1. The molecule has 0 amide bonds. The van der Waals surface area contributed by atoms with Crippen LogP contribution in [0.5, 0.6) is 0 Å². The Hall–Kier alpha value is -0.981. The summed E-state index contributed by atoms with van der Waals surface area (Å²) < 4.78 is 1.41. The van der Waals surface area contributed by atoms with Crippen LogP contribution in [0.2, 0.25) is 0 Å². The van der Waals surface area contributed by atoms with Crippen molar-refractivity contribution in [2.45, 2.75) is 6.42 Å². The van der Waals surface area contributed by atoms with Gasteiger partial charge < -0.3 is 0 Å². The van der Waals surface area contributed by atoms with E-state index in [0.29, 0.717) is 0 Å². The molecule has 1 unspecified atom stereocenters. The van der Waals surface area contributed by atoms with Gasteiger partial charge in [0.25, 0.3) is 0 Å². The second-order valence-corrected chi connectivity index (χ2v) is 6.86. The van der Waals surface area contributed by atoms with Crippen LogP contribution in [0, 0.1) is 0 Å². The molecule has 1 aliphatic heterocycles. The number of hydrogen-bond acceptors (Lipinski definition) is 0. The summed E-state index contributed by atoms with van der Waals surface area (Å²) in [5, 5.41) is 0.